The molecule has 0 aromatic heterocycles. The topological polar surface area (TPSA) is 35.8 Å². The van der Waals surface area contributed by atoms with Crippen LogP contribution in [0.1, 0.15) is 35.2 Å². The zero-order chi connectivity index (χ0) is 16.2. The lowest BCUT2D eigenvalue weighted by molar-refractivity contribution is -0.137. The van der Waals surface area contributed by atoms with E-state index in [-0.39, 0.29) is 6.04 Å². The van der Waals surface area contributed by atoms with Gasteiger partial charge in [-0.2, -0.15) is 18.4 Å². The van der Waals surface area contributed by atoms with Gasteiger partial charge < -0.3 is 5.32 Å². The van der Waals surface area contributed by atoms with Crippen molar-refractivity contribution in [2.24, 2.45) is 0 Å². The predicted molar refractivity (Wildman–Crippen MR) is 77.9 cm³/mol. The first-order valence-electron chi connectivity index (χ1n) is 6.80. The Bertz CT molecular complexity index is 687. The highest BCUT2D eigenvalue weighted by atomic mass is 19.4. The number of alkyl halides is 3. The van der Waals surface area contributed by atoms with E-state index in [1.165, 1.54) is 6.07 Å². The van der Waals surface area contributed by atoms with E-state index in [2.05, 4.69) is 11.4 Å². The number of nitrogens with zero attached hydrogens (tertiary/aromatic N) is 1. The Morgan fingerprint density at radius 3 is 2.55 bits per heavy atom. The molecule has 114 valence electrons. The zero-order valence-electron chi connectivity index (χ0n) is 12.0. The van der Waals surface area contributed by atoms with Crippen molar-refractivity contribution in [1.82, 2.24) is 5.32 Å². The second kappa shape index (κ2) is 6.63. The average Bonchev–Trinajstić information content (AvgIpc) is 2.52. The molecule has 0 unspecified atom stereocenters. The molecule has 0 aliphatic rings. The smallest absolute Gasteiger partial charge is 0.306 e. The molecular formula is C17H15F3N2. The molecule has 0 spiro atoms. The molecule has 5 heteroatoms. The lowest BCUT2D eigenvalue weighted by Gasteiger charge is -2.16. The molecule has 1 N–H and O–H groups in total. The highest BCUT2D eigenvalue weighted by Gasteiger charge is 2.30. The van der Waals surface area contributed by atoms with E-state index in [0.717, 1.165) is 17.7 Å². The number of hydrogen-bond acceptors (Lipinski definition) is 2. The molecule has 0 heterocycles. The molecule has 2 aromatic rings. The fourth-order valence-electron chi connectivity index (χ4n) is 2.12. The molecule has 0 amide bonds. The lowest BCUT2D eigenvalue weighted by atomic mass is 10.0. The van der Waals surface area contributed by atoms with E-state index in [1.807, 2.05) is 13.0 Å². The first kappa shape index (κ1) is 16.1. The van der Waals surface area contributed by atoms with Crippen molar-refractivity contribution in [1.29, 1.82) is 5.26 Å². The van der Waals surface area contributed by atoms with Gasteiger partial charge in [0.1, 0.15) is 0 Å². The highest BCUT2D eigenvalue weighted by Crippen LogP contribution is 2.30. The largest absolute Gasteiger partial charge is 0.416 e. The molecule has 2 nitrogen and oxygen atoms in total. The molecule has 0 fully saturated rings. The molecular weight excluding hydrogens is 289 g/mol. The van der Waals surface area contributed by atoms with Gasteiger partial charge in [-0.1, -0.05) is 24.3 Å². The minimum absolute atomic E-state index is 0.229. The van der Waals surface area contributed by atoms with Crippen molar-refractivity contribution in [2.45, 2.75) is 25.7 Å². The van der Waals surface area contributed by atoms with Gasteiger partial charge in [0.15, 0.2) is 0 Å². The molecule has 1 atom stereocenters. The first-order chi connectivity index (χ1) is 10.4. The third-order valence-corrected chi connectivity index (χ3v) is 3.38. The third-order valence-electron chi connectivity index (χ3n) is 3.38. The number of rotatable bonds is 4. The van der Waals surface area contributed by atoms with Gasteiger partial charge in [-0.05, 0) is 42.3 Å². The molecule has 0 saturated carbocycles. The summed E-state index contributed by atoms with van der Waals surface area (Å²) in [5, 5.41) is 12.0. The number of nitriles is 1. The summed E-state index contributed by atoms with van der Waals surface area (Å²) in [5.41, 5.74) is 1.40. The van der Waals surface area contributed by atoms with Gasteiger partial charge in [0.25, 0.3) is 0 Å². The first-order valence-corrected chi connectivity index (χ1v) is 6.80. The second-order valence-electron chi connectivity index (χ2n) is 5.04. The van der Waals surface area contributed by atoms with Gasteiger partial charge in [0.05, 0.1) is 17.2 Å². The van der Waals surface area contributed by atoms with E-state index in [1.54, 1.807) is 24.3 Å². The maximum atomic E-state index is 12.7. The third kappa shape index (κ3) is 4.09. The Labute approximate surface area is 127 Å². The molecule has 0 bridgehead atoms. The van der Waals surface area contributed by atoms with Crippen LogP contribution in [0.3, 0.4) is 0 Å². The van der Waals surface area contributed by atoms with Crippen LogP contribution in [-0.4, -0.2) is 0 Å². The van der Waals surface area contributed by atoms with Crippen LogP contribution >= 0.6 is 0 Å². The van der Waals surface area contributed by atoms with Crippen molar-refractivity contribution in [3.63, 3.8) is 0 Å². The summed E-state index contributed by atoms with van der Waals surface area (Å²) in [6, 6.07) is 14.2. The number of hydrogen-bond donors (Lipinski definition) is 1. The van der Waals surface area contributed by atoms with Crippen LogP contribution in [0.25, 0.3) is 0 Å². The molecule has 2 rings (SSSR count). The van der Waals surface area contributed by atoms with E-state index >= 15 is 0 Å². The minimum Gasteiger partial charge on any atom is -0.306 e. The fraction of sp³-hybridized carbons (Fsp3) is 0.235. The molecule has 0 aliphatic carbocycles. The Balaban J connectivity index is 2.06. The van der Waals surface area contributed by atoms with E-state index in [4.69, 9.17) is 5.26 Å². The van der Waals surface area contributed by atoms with E-state index < -0.39 is 11.7 Å². The monoisotopic (exact) mass is 304 g/mol. The van der Waals surface area contributed by atoms with Crippen molar-refractivity contribution in [3.05, 3.63) is 70.8 Å². The lowest BCUT2D eigenvalue weighted by Crippen LogP contribution is -2.18. The Hall–Kier alpha value is -2.32. The Morgan fingerprint density at radius 2 is 1.86 bits per heavy atom. The predicted octanol–water partition coefficient (Wildman–Crippen LogP) is 4.43. The van der Waals surface area contributed by atoms with Gasteiger partial charge in [-0.15, -0.1) is 0 Å². The van der Waals surface area contributed by atoms with Gasteiger partial charge in [-0.3, -0.25) is 0 Å². The average molecular weight is 304 g/mol. The summed E-state index contributed by atoms with van der Waals surface area (Å²) in [6.45, 7) is 2.29. The van der Waals surface area contributed by atoms with Crippen LogP contribution in [0.15, 0.2) is 48.5 Å². The highest BCUT2D eigenvalue weighted by molar-refractivity contribution is 5.33. The van der Waals surface area contributed by atoms with Gasteiger partial charge in [0, 0.05) is 12.6 Å². The SMILES string of the molecule is C[C@@H](NCc1cccc(C#N)c1)c1cccc(C(F)(F)F)c1. The van der Waals surface area contributed by atoms with Gasteiger partial charge in [0.2, 0.25) is 0 Å². The van der Waals surface area contributed by atoms with Crippen LogP contribution in [-0.2, 0) is 12.7 Å². The minimum atomic E-state index is -4.34. The summed E-state index contributed by atoms with van der Waals surface area (Å²) < 4.78 is 38.1. The maximum Gasteiger partial charge on any atom is 0.416 e. The molecule has 0 aliphatic heterocycles. The Kier molecular flexibility index (Phi) is 4.84. The summed E-state index contributed by atoms with van der Waals surface area (Å²) >= 11 is 0. The molecule has 0 radical (unpaired) electrons. The normalized spacial score (nSPS) is 12.7. The van der Waals surface area contributed by atoms with Crippen LogP contribution < -0.4 is 5.32 Å². The van der Waals surface area contributed by atoms with Crippen molar-refractivity contribution in [3.8, 4) is 6.07 Å². The molecule has 0 saturated heterocycles. The van der Waals surface area contributed by atoms with E-state index in [9.17, 15) is 13.2 Å². The standard InChI is InChI=1S/C17H15F3N2/c1-12(15-6-3-7-16(9-15)17(18,19)20)22-11-14-5-2-4-13(8-14)10-21/h2-9,12,22H,11H2,1H3/t12-/m1/s1. The number of halogens is 3. The number of nitrogens with one attached hydrogen (secondary N) is 1. The molecule has 22 heavy (non-hydrogen) atoms. The summed E-state index contributed by atoms with van der Waals surface area (Å²) in [4.78, 5) is 0. The van der Waals surface area contributed by atoms with Crippen LogP contribution in [0, 0.1) is 11.3 Å². The Morgan fingerprint density at radius 1 is 1.14 bits per heavy atom. The van der Waals surface area contributed by atoms with Crippen LogP contribution in [0.2, 0.25) is 0 Å². The van der Waals surface area contributed by atoms with Gasteiger partial charge in [-0.25, -0.2) is 0 Å². The summed E-state index contributed by atoms with van der Waals surface area (Å²) in [5.74, 6) is 0. The zero-order valence-corrected chi connectivity index (χ0v) is 12.0. The van der Waals surface area contributed by atoms with Crippen molar-refractivity contribution >= 4 is 0 Å². The van der Waals surface area contributed by atoms with E-state index in [0.29, 0.717) is 17.7 Å². The quantitative estimate of drug-likeness (QED) is 0.907. The van der Waals surface area contributed by atoms with Crippen molar-refractivity contribution in [2.75, 3.05) is 0 Å². The number of benzene rings is 2. The fourth-order valence-corrected chi connectivity index (χ4v) is 2.12. The van der Waals surface area contributed by atoms with Crippen molar-refractivity contribution < 1.29 is 13.2 Å². The van der Waals surface area contributed by atoms with Crippen LogP contribution in [0.4, 0.5) is 13.2 Å². The van der Waals surface area contributed by atoms with Gasteiger partial charge >= 0.3 is 6.18 Å². The second-order valence-corrected chi connectivity index (χ2v) is 5.04. The maximum absolute atomic E-state index is 12.7. The summed E-state index contributed by atoms with van der Waals surface area (Å²) in [7, 11) is 0. The molecule has 2 aromatic carbocycles. The van der Waals surface area contributed by atoms with Crippen LogP contribution in [0.5, 0.6) is 0 Å². The summed E-state index contributed by atoms with van der Waals surface area (Å²) in [6.07, 6.45) is -4.34.